The lowest BCUT2D eigenvalue weighted by atomic mass is 10.1. The van der Waals surface area contributed by atoms with Crippen molar-refractivity contribution in [3.05, 3.63) is 24.2 Å². The number of carbonyl (C=O) groups excluding carboxylic acids is 2. The first-order valence-corrected chi connectivity index (χ1v) is 5.35. The highest BCUT2D eigenvalue weighted by molar-refractivity contribution is 5.91. The zero-order chi connectivity index (χ0) is 13.1. The van der Waals surface area contributed by atoms with E-state index in [1.165, 1.54) is 25.5 Å². The SMILES string of the molecule is CC(OC(=O)c1ccoc1)C(=O)NC(C)(C)C. The minimum atomic E-state index is -0.836. The van der Waals surface area contributed by atoms with Gasteiger partial charge in [-0.1, -0.05) is 0 Å². The number of rotatable bonds is 3. The Morgan fingerprint density at radius 1 is 1.41 bits per heavy atom. The summed E-state index contributed by atoms with van der Waals surface area (Å²) in [5, 5.41) is 2.73. The van der Waals surface area contributed by atoms with Crippen molar-refractivity contribution in [1.29, 1.82) is 0 Å². The van der Waals surface area contributed by atoms with E-state index in [-0.39, 0.29) is 11.4 Å². The molecule has 1 amide bonds. The van der Waals surface area contributed by atoms with Gasteiger partial charge in [-0.05, 0) is 33.8 Å². The van der Waals surface area contributed by atoms with E-state index in [1.54, 1.807) is 0 Å². The highest BCUT2D eigenvalue weighted by atomic mass is 16.5. The van der Waals surface area contributed by atoms with Crippen LogP contribution in [0, 0.1) is 0 Å². The summed E-state index contributed by atoms with van der Waals surface area (Å²) in [5.41, 5.74) is -0.0617. The minimum absolute atomic E-state index is 0.292. The summed E-state index contributed by atoms with van der Waals surface area (Å²) in [7, 11) is 0. The van der Waals surface area contributed by atoms with Crippen LogP contribution in [-0.4, -0.2) is 23.5 Å². The van der Waals surface area contributed by atoms with Gasteiger partial charge < -0.3 is 14.5 Å². The Bertz CT molecular complexity index is 389. The molecule has 0 aliphatic rings. The van der Waals surface area contributed by atoms with Crippen LogP contribution in [0.3, 0.4) is 0 Å². The molecule has 0 fully saturated rings. The van der Waals surface area contributed by atoms with Crippen LogP contribution in [-0.2, 0) is 9.53 Å². The van der Waals surface area contributed by atoms with Crippen LogP contribution in [0.15, 0.2) is 23.0 Å². The molecule has 0 radical (unpaired) electrons. The molecule has 1 rings (SSSR count). The van der Waals surface area contributed by atoms with Crippen LogP contribution in [0.2, 0.25) is 0 Å². The summed E-state index contributed by atoms with van der Waals surface area (Å²) < 4.78 is 9.75. The lowest BCUT2D eigenvalue weighted by Gasteiger charge is -2.23. The zero-order valence-electron chi connectivity index (χ0n) is 10.4. The Morgan fingerprint density at radius 3 is 2.53 bits per heavy atom. The third-order valence-electron chi connectivity index (χ3n) is 1.91. The molecule has 17 heavy (non-hydrogen) atoms. The van der Waals surface area contributed by atoms with E-state index in [4.69, 9.17) is 9.15 Å². The number of amides is 1. The van der Waals surface area contributed by atoms with Crippen molar-refractivity contribution in [3.8, 4) is 0 Å². The van der Waals surface area contributed by atoms with E-state index < -0.39 is 12.1 Å². The maximum Gasteiger partial charge on any atom is 0.342 e. The van der Waals surface area contributed by atoms with Crippen molar-refractivity contribution in [2.75, 3.05) is 0 Å². The predicted octanol–water partition coefficient (Wildman–Crippen LogP) is 1.74. The molecule has 1 atom stereocenters. The first-order valence-electron chi connectivity index (χ1n) is 5.35. The highest BCUT2D eigenvalue weighted by Crippen LogP contribution is 2.06. The van der Waals surface area contributed by atoms with Gasteiger partial charge in [-0.3, -0.25) is 4.79 Å². The van der Waals surface area contributed by atoms with Gasteiger partial charge in [0.15, 0.2) is 6.10 Å². The van der Waals surface area contributed by atoms with E-state index in [1.807, 2.05) is 20.8 Å². The normalized spacial score (nSPS) is 12.9. The maximum atomic E-state index is 11.7. The quantitative estimate of drug-likeness (QED) is 0.816. The van der Waals surface area contributed by atoms with E-state index in [2.05, 4.69) is 5.32 Å². The fraction of sp³-hybridized carbons (Fsp3) is 0.500. The summed E-state index contributed by atoms with van der Waals surface area (Å²) in [6.45, 7) is 7.10. The lowest BCUT2D eigenvalue weighted by Crippen LogP contribution is -2.46. The Labute approximate surface area is 100 Å². The average molecular weight is 239 g/mol. The van der Waals surface area contributed by atoms with Crippen molar-refractivity contribution >= 4 is 11.9 Å². The molecular formula is C12H17NO4. The summed E-state index contributed by atoms with van der Waals surface area (Å²) in [6, 6.07) is 1.48. The zero-order valence-corrected chi connectivity index (χ0v) is 10.4. The van der Waals surface area contributed by atoms with E-state index in [0.717, 1.165) is 0 Å². The molecule has 0 aromatic carbocycles. The topological polar surface area (TPSA) is 68.5 Å². The third-order valence-corrected chi connectivity index (χ3v) is 1.91. The summed E-state index contributed by atoms with van der Waals surface area (Å²) in [5.74, 6) is -0.898. The number of hydrogen-bond acceptors (Lipinski definition) is 4. The second-order valence-electron chi connectivity index (χ2n) is 4.80. The van der Waals surface area contributed by atoms with Crippen LogP contribution in [0.25, 0.3) is 0 Å². The Hall–Kier alpha value is -1.78. The van der Waals surface area contributed by atoms with Gasteiger partial charge in [0.25, 0.3) is 5.91 Å². The number of hydrogen-bond donors (Lipinski definition) is 1. The van der Waals surface area contributed by atoms with Crippen molar-refractivity contribution in [2.45, 2.75) is 39.3 Å². The van der Waals surface area contributed by atoms with Crippen LogP contribution < -0.4 is 5.32 Å². The van der Waals surface area contributed by atoms with Gasteiger partial charge in [0.05, 0.1) is 11.8 Å². The molecule has 1 aromatic heterocycles. The fourth-order valence-corrected chi connectivity index (χ4v) is 1.13. The molecule has 94 valence electrons. The first kappa shape index (κ1) is 13.3. The molecule has 1 N–H and O–H groups in total. The molecule has 0 aliphatic carbocycles. The lowest BCUT2D eigenvalue weighted by molar-refractivity contribution is -0.130. The van der Waals surface area contributed by atoms with Crippen LogP contribution in [0.4, 0.5) is 0 Å². The number of esters is 1. The smallest absolute Gasteiger partial charge is 0.342 e. The highest BCUT2D eigenvalue weighted by Gasteiger charge is 2.23. The number of furan rings is 1. The molecule has 0 aliphatic heterocycles. The third kappa shape index (κ3) is 4.30. The van der Waals surface area contributed by atoms with Gasteiger partial charge >= 0.3 is 5.97 Å². The van der Waals surface area contributed by atoms with E-state index in [9.17, 15) is 9.59 Å². The molecule has 5 nitrogen and oxygen atoms in total. The van der Waals surface area contributed by atoms with E-state index in [0.29, 0.717) is 5.56 Å². The van der Waals surface area contributed by atoms with Gasteiger partial charge in [0.2, 0.25) is 0 Å². The number of carbonyl (C=O) groups is 2. The molecule has 0 bridgehead atoms. The summed E-state index contributed by atoms with van der Waals surface area (Å²) in [6.07, 6.45) is 1.81. The molecule has 1 heterocycles. The second-order valence-corrected chi connectivity index (χ2v) is 4.80. The predicted molar refractivity (Wildman–Crippen MR) is 61.5 cm³/mol. The average Bonchev–Trinajstić information content (AvgIpc) is 2.67. The molecule has 1 aromatic rings. The van der Waals surface area contributed by atoms with Gasteiger partial charge in [0, 0.05) is 5.54 Å². The standard InChI is InChI=1S/C12H17NO4/c1-8(10(14)13-12(2,3)4)17-11(15)9-5-6-16-7-9/h5-8H,1-4H3,(H,13,14). The molecule has 5 heteroatoms. The van der Waals surface area contributed by atoms with Crippen molar-refractivity contribution in [3.63, 3.8) is 0 Å². The van der Waals surface area contributed by atoms with Gasteiger partial charge in [-0.25, -0.2) is 4.79 Å². The van der Waals surface area contributed by atoms with Gasteiger partial charge in [0.1, 0.15) is 6.26 Å². The van der Waals surface area contributed by atoms with Crippen LogP contribution in [0.1, 0.15) is 38.1 Å². The van der Waals surface area contributed by atoms with Gasteiger partial charge in [-0.15, -0.1) is 0 Å². The minimum Gasteiger partial charge on any atom is -0.472 e. The Balaban J connectivity index is 2.52. The Morgan fingerprint density at radius 2 is 2.06 bits per heavy atom. The number of ether oxygens (including phenoxy) is 1. The Kier molecular flexibility index (Phi) is 3.93. The van der Waals surface area contributed by atoms with E-state index >= 15 is 0 Å². The van der Waals surface area contributed by atoms with Crippen molar-refractivity contribution < 1.29 is 18.7 Å². The summed E-state index contributed by atoms with van der Waals surface area (Å²) >= 11 is 0. The molecule has 0 spiro atoms. The molecule has 0 saturated carbocycles. The largest absolute Gasteiger partial charge is 0.472 e. The first-order chi connectivity index (χ1) is 7.79. The second kappa shape index (κ2) is 5.03. The molecular weight excluding hydrogens is 222 g/mol. The fourth-order valence-electron chi connectivity index (χ4n) is 1.13. The molecule has 0 saturated heterocycles. The molecule has 1 unspecified atom stereocenters. The number of nitrogens with one attached hydrogen (secondary N) is 1. The monoisotopic (exact) mass is 239 g/mol. The van der Waals surface area contributed by atoms with Crippen LogP contribution >= 0.6 is 0 Å². The maximum absolute atomic E-state index is 11.7. The summed E-state index contributed by atoms with van der Waals surface area (Å²) in [4.78, 5) is 23.2. The van der Waals surface area contributed by atoms with Crippen molar-refractivity contribution in [1.82, 2.24) is 5.32 Å². The van der Waals surface area contributed by atoms with Gasteiger partial charge in [-0.2, -0.15) is 0 Å². The van der Waals surface area contributed by atoms with Crippen molar-refractivity contribution in [2.24, 2.45) is 0 Å². The van der Waals surface area contributed by atoms with Crippen LogP contribution in [0.5, 0.6) is 0 Å².